The van der Waals surface area contributed by atoms with E-state index in [1.807, 2.05) is 0 Å². The van der Waals surface area contributed by atoms with Crippen LogP contribution in [0, 0.1) is 5.92 Å². The first-order chi connectivity index (χ1) is 10.5. The van der Waals surface area contributed by atoms with Crippen LogP contribution in [0.1, 0.15) is 51.4 Å². The van der Waals surface area contributed by atoms with Crippen LogP contribution in [0.3, 0.4) is 0 Å². The zero-order chi connectivity index (χ0) is 16.0. The number of hydrogen-bond donors (Lipinski definition) is 2. The van der Waals surface area contributed by atoms with Crippen LogP contribution in [0.4, 0.5) is 0 Å². The second-order valence-electron chi connectivity index (χ2n) is 6.47. The van der Waals surface area contributed by atoms with Gasteiger partial charge in [0.2, 0.25) is 11.8 Å². The summed E-state index contributed by atoms with van der Waals surface area (Å²) in [7, 11) is -3.40. The maximum absolute atomic E-state index is 12.1. The summed E-state index contributed by atoms with van der Waals surface area (Å²) in [6, 6.07) is -0.597. The largest absolute Gasteiger partial charge is 0.354 e. The maximum Gasteiger partial charge on any atom is 0.242 e. The molecule has 1 saturated heterocycles. The molecule has 0 bridgehead atoms. The predicted octanol–water partition coefficient (Wildman–Crippen LogP) is 0.766. The monoisotopic (exact) mass is 330 g/mol. The summed E-state index contributed by atoms with van der Waals surface area (Å²) >= 11 is 0. The minimum atomic E-state index is -3.40. The fraction of sp³-hybridized carbons (Fsp3) is 0.867. The molecule has 0 unspecified atom stereocenters. The van der Waals surface area contributed by atoms with Gasteiger partial charge in [0, 0.05) is 6.54 Å². The van der Waals surface area contributed by atoms with Gasteiger partial charge in [-0.05, 0) is 38.0 Å². The Hall–Kier alpha value is -1.11. The lowest BCUT2D eigenvalue weighted by Crippen LogP contribution is -2.47. The van der Waals surface area contributed by atoms with Crippen molar-refractivity contribution in [2.45, 2.75) is 57.4 Å². The highest BCUT2D eigenvalue weighted by Crippen LogP contribution is 2.25. The third-order valence-corrected chi connectivity index (χ3v) is 6.12. The van der Waals surface area contributed by atoms with Gasteiger partial charge in [-0.25, -0.2) is 8.42 Å². The summed E-state index contributed by atoms with van der Waals surface area (Å²) < 4.78 is 24.3. The molecule has 0 aromatic rings. The van der Waals surface area contributed by atoms with Crippen molar-refractivity contribution in [1.82, 2.24) is 10.6 Å². The molecule has 2 rings (SSSR count). The third kappa shape index (κ3) is 5.59. The second kappa shape index (κ2) is 7.94. The van der Waals surface area contributed by atoms with Gasteiger partial charge in [-0.2, -0.15) is 0 Å². The molecule has 22 heavy (non-hydrogen) atoms. The van der Waals surface area contributed by atoms with Gasteiger partial charge < -0.3 is 10.6 Å². The summed E-state index contributed by atoms with van der Waals surface area (Å²) in [5.74, 6) is -0.994. The lowest BCUT2D eigenvalue weighted by molar-refractivity contribution is -0.127. The van der Waals surface area contributed by atoms with Gasteiger partial charge in [0.15, 0.2) is 9.84 Å². The maximum atomic E-state index is 12.1. The molecule has 0 radical (unpaired) electrons. The molecular weight excluding hydrogens is 304 g/mol. The van der Waals surface area contributed by atoms with E-state index < -0.39 is 27.5 Å². The van der Waals surface area contributed by atoms with Crippen LogP contribution in [0.25, 0.3) is 0 Å². The lowest BCUT2D eigenvalue weighted by Gasteiger charge is -2.21. The first-order valence-electron chi connectivity index (χ1n) is 8.24. The van der Waals surface area contributed by atoms with Gasteiger partial charge in [-0.3, -0.25) is 9.59 Å². The van der Waals surface area contributed by atoms with Crippen LogP contribution in [0.2, 0.25) is 0 Å². The van der Waals surface area contributed by atoms with E-state index in [0.717, 1.165) is 38.5 Å². The Morgan fingerprint density at radius 1 is 1.09 bits per heavy atom. The molecule has 2 N–H and O–H groups in total. The van der Waals surface area contributed by atoms with E-state index >= 15 is 0 Å². The minimum Gasteiger partial charge on any atom is -0.354 e. The molecule has 0 aromatic carbocycles. The van der Waals surface area contributed by atoms with E-state index in [4.69, 9.17) is 0 Å². The Labute approximate surface area is 132 Å². The van der Waals surface area contributed by atoms with Gasteiger partial charge in [0.05, 0.1) is 5.75 Å². The summed E-state index contributed by atoms with van der Waals surface area (Å²) in [4.78, 5) is 23.7. The number of sulfone groups is 1. The predicted molar refractivity (Wildman–Crippen MR) is 84.0 cm³/mol. The average molecular weight is 330 g/mol. The Balaban J connectivity index is 1.82. The SMILES string of the molecule is O=C(CS(=O)(=O)CC1CCCCC1)N[C@H]1CCCCNC1=O. The Bertz CT molecular complexity index is 498. The molecular formula is C15H26N2O4S. The normalized spacial score (nSPS) is 24.4. The van der Waals surface area contributed by atoms with Crippen LogP contribution in [0.5, 0.6) is 0 Å². The van der Waals surface area contributed by atoms with Crippen molar-refractivity contribution in [2.24, 2.45) is 5.92 Å². The Kier molecular flexibility index (Phi) is 6.23. The van der Waals surface area contributed by atoms with E-state index in [1.54, 1.807) is 0 Å². The van der Waals surface area contributed by atoms with Gasteiger partial charge in [0.1, 0.15) is 11.8 Å². The number of amides is 2. The molecule has 6 nitrogen and oxygen atoms in total. The van der Waals surface area contributed by atoms with Crippen LogP contribution in [-0.2, 0) is 19.4 Å². The van der Waals surface area contributed by atoms with Crippen molar-refractivity contribution in [2.75, 3.05) is 18.1 Å². The van der Waals surface area contributed by atoms with Gasteiger partial charge in [-0.1, -0.05) is 19.3 Å². The third-order valence-electron chi connectivity index (χ3n) is 4.44. The number of carbonyl (C=O) groups is 2. The van der Waals surface area contributed by atoms with E-state index in [2.05, 4.69) is 10.6 Å². The quantitative estimate of drug-likeness (QED) is 0.778. The molecule has 1 aliphatic heterocycles. The fourth-order valence-electron chi connectivity index (χ4n) is 3.28. The number of rotatable bonds is 5. The zero-order valence-electron chi connectivity index (χ0n) is 13.0. The number of nitrogens with one attached hydrogen (secondary N) is 2. The van der Waals surface area contributed by atoms with Crippen LogP contribution >= 0.6 is 0 Å². The highest BCUT2D eigenvalue weighted by molar-refractivity contribution is 7.92. The zero-order valence-corrected chi connectivity index (χ0v) is 13.8. The molecule has 0 spiro atoms. The van der Waals surface area contributed by atoms with Crippen molar-refractivity contribution in [3.8, 4) is 0 Å². The van der Waals surface area contributed by atoms with Crippen LogP contribution in [-0.4, -0.2) is 44.3 Å². The molecule has 1 aliphatic carbocycles. The van der Waals surface area contributed by atoms with Crippen molar-refractivity contribution >= 4 is 21.7 Å². The molecule has 0 aromatic heterocycles. The number of carbonyl (C=O) groups excluding carboxylic acids is 2. The van der Waals surface area contributed by atoms with Crippen LogP contribution in [0.15, 0.2) is 0 Å². The first kappa shape index (κ1) is 17.2. The van der Waals surface area contributed by atoms with E-state index in [9.17, 15) is 18.0 Å². The summed E-state index contributed by atoms with van der Waals surface area (Å²) in [5.41, 5.74) is 0. The van der Waals surface area contributed by atoms with Crippen molar-refractivity contribution < 1.29 is 18.0 Å². The van der Waals surface area contributed by atoms with Crippen molar-refractivity contribution in [3.05, 3.63) is 0 Å². The minimum absolute atomic E-state index is 0.0945. The highest BCUT2D eigenvalue weighted by Gasteiger charge is 2.27. The smallest absolute Gasteiger partial charge is 0.242 e. The summed E-state index contributed by atoms with van der Waals surface area (Å²) in [6.45, 7) is 0.616. The molecule has 2 aliphatic rings. The van der Waals surface area contributed by atoms with Crippen molar-refractivity contribution in [1.29, 1.82) is 0 Å². The van der Waals surface area contributed by atoms with Gasteiger partial charge in [-0.15, -0.1) is 0 Å². The molecule has 126 valence electrons. The molecule has 1 saturated carbocycles. The molecule has 2 fully saturated rings. The average Bonchev–Trinajstić information content (AvgIpc) is 2.64. The highest BCUT2D eigenvalue weighted by atomic mass is 32.2. The van der Waals surface area contributed by atoms with Crippen molar-refractivity contribution in [3.63, 3.8) is 0 Å². The molecule has 2 amide bonds. The molecule has 7 heteroatoms. The summed E-state index contributed by atoms with van der Waals surface area (Å²) in [5, 5.41) is 5.30. The van der Waals surface area contributed by atoms with E-state index in [1.165, 1.54) is 6.42 Å². The summed E-state index contributed by atoms with van der Waals surface area (Å²) in [6.07, 6.45) is 7.51. The topological polar surface area (TPSA) is 92.3 Å². The fourth-order valence-corrected chi connectivity index (χ4v) is 4.94. The molecule has 1 heterocycles. The molecule has 1 atom stereocenters. The lowest BCUT2D eigenvalue weighted by atomic mass is 9.91. The Morgan fingerprint density at radius 3 is 2.50 bits per heavy atom. The number of hydrogen-bond acceptors (Lipinski definition) is 4. The first-order valence-corrected chi connectivity index (χ1v) is 10.1. The van der Waals surface area contributed by atoms with E-state index in [-0.39, 0.29) is 17.6 Å². The van der Waals surface area contributed by atoms with E-state index in [0.29, 0.717) is 13.0 Å². The second-order valence-corrected chi connectivity index (χ2v) is 8.57. The van der Waals surface area contributed by atoms with Gasteiger partial charge in [0.25, 0.3) is 0 Å². The van der Waals surface area contributed by atoms with Crippen LogP contribution < -0.4 is 10.6 Å². The van der Waals surface area contributed by atoms with Gasteiger partial charge >= 0.3 is 0 Å². The standard InChI is InChI=1S/C15H26N2O4S/c18-14(17-13-8-4-5-9-16-15(13)19)11-22(20,21)10-12-6-2-1-3-7-12/h12-13H,1-11H2,(H,16,19)(H,17,18)/t13-/m0/s1. The Morgan fingerprint density at radius 2 is 1.77 bits per heavy atom.